The summed E-state index contributed by atoms with van der Waals surface area (Å²) >= 11 is 22.0. The minimum atomic E-state index is -0.115. The highest BCUT2D eigenvalue weighted by molar-refractivity contribution is 9.10. The molecule has 5 heteroatoms. The second-order valence-electron chi connectivity index (χ2n) is 4.05. The highest BCUT2D eigenvalue weighted by Crippen LogP contribution is 2.35. The van der Waals surface area contributed by atoms with E-state index < -0.39 is 0 Å². The molecule has 100 valence electrons. The lowest BCUT2D eigenvalue weighted by Gasteiger charge is -2.20. The van der Waals surface area contributed by atoms with E-state index in [4.69, 9.17) is 34.8 Å². The largest absolute Gasteiger partial charge is 0.309 e. The Balaban J connectivity index is 2.55. The maximum absolute atomic E-state index is 6.27. The van der Waals surface area contributed by atoms with Crippen molar-refractivity contribution >= 4 is 50.7 Å². The van der Waals surface area contributed by atoms with Gasteiger partial charge in [0.25, 0.3) is 0 Å². The molecule has 1 atom stereocenters. The molecule has 1 unspecified atom stereocenters. The van der Waals surface area contributed by atoms with Gasteiger partial charge in [0.1, 0.15) is 0 Å². The molecule has 2 aromatic carbocycles. The van der Waals surface area contributed by atoms with Crippen LogP contribution in [0.1, 0.15) is 17.2 Å². The van der Waals surface area contributed by atoms with Gasteiger partial charge < -0.3 is 5.32 Å². The average Bonchev–Trinajstić information content (AvgIpc) is 2.38. The third-order valence-corrected chi connectivity index (χ3v) is 4.24. The molecule has 0 aromatic heterocycles. The molecule has 0 aliphatic rings. The summed E-state index contributed by atoms with van der Waals surface area (Å²) in [7, 11) is 1.86. The fraction of sp³-hybridized carbons (Fsp3) is 0.143. The Labute approximate surface area is 136 Å². The lowest BCUT2D eigenvalue weighted by molar-refractivity contribution is 0.692. The van der Waals surface area contributed by atoms with Gasteiger partial charge in [-0.2, -0.15) is 0 Å². The Hall–Kier alpha value is -0.250. The zero-order valence-electron chi connectivity index (χ0n) is 10.1. The van der Waals surface area contributed by atoms with Crippen molar-refractivity contribution in [2.24, 2.45) is 0 Å². The molecule has 0 amide bonds. The van der Waals surface area contributed by atoms with E-state index in [9.17, 15) is 0 Å². The van der Waals surface area contributed by atoms with Crippen molar-refractivity contribution in [3.05, 3.63) is 67.1 Å². The van der Waals surface area contributed by atoms with E-state index in [0.717, 1.165) is 15.6 Å². The van der Waals surface area contributed by atoms with Crippen LogP contribution in [0.3, 0.4) is 0 Å². The molecular weight excluding hydrogens is 368 g/mol. The van der Waals surface area contributed by atoms with Gasteiger partial charge in [-0.1, -0.05) is 50.7 Å². The molecule has 0 radical (unpaired) electrons. The summed E-state index contributed by atoms with van der Waals surface area (Å²) < 4.78 is 0.963. The van der Waals surface area contributed by atoms with Gasteiger partial charge >= 0.3 is 0 Å². The molecule has 2 aromatic rings. The summed E-state index contributed by atoms with van der Waals surface area (Å²) in [5.41, 5.74) is 1.85. The first-order valence-electron chi connectivity index (χ1n) is 5.60. The Morgan fingerprint density at radius 1 is 0.947 bits per heavy atom. The topological polar surface area (TPSA) is 12.0 Å². The lowest BCUT2D eigenvalue weighted by Crippen LogP contribution is -2.18. The third-order valence-electron chi connectivity index (χ3n) is 2.83. The van der Waals surface area contributed by atoms with Crippen molar-refractivity contribution in [1.82, 2.24) is 5.32 Å². The fourth-order valence-corrected chi connectivity index (χ4v) is 2.96. The van der Waals surface area contributed by atoms with Gasteiger partial charge in [0, 0.05) is 19.5 Å². The van der Waals surface area contributed by atoms with Crippen molar-refractivity contribution in [3.63, 3.8) is 0 Å². The molecule has 0 saturated carbocycles. The number of hydrogen-bond donors (Lipinski definition) is 1. The minimum Gasteiger partial charge on any atom is -0.309 e. The van der Waals surface area contributed by atoms with Crippen LogP contribution in [0.15, 0.2) is 40.9 Å². The summed E-state index contributed by atoms with van der Waals surface area (Å²) in [4.78, 5) is 0. The molecule has 0 aliphatic carbocycles. The van der Waals surface area contributed by atoms with Gasteiger partial charge in [-0.05, 0) is 54.6 Å². The first kappa shape index (κ1) is 15.1. The molecule has 1 N–H and O–H groups in total. The first-order chi connectivity index (χ1) is 9.02. The smallest absolute Gasteiger partial charge is 0.0604 e. The van der Waals surface area contributed by atoms with Gasteiger partial charge in [0.2, 0.25) is 0 Å². The Morgan fingerprint density at radius 2 is 1.53 bits per heavy atom. The molecule has 0 saturated heterocycles. The summed E-state index contributed by atoms with van der Waals surface area (Å²) in [6, 6.07) is 11.0. The van der Waals surface area contributed by atoms with Gasteiger partial charge in [-0.3, -0.25) is 0 Å². The van der Waals surface area contributed by atoms with Crippen LogP contribution in [0.2, 0.25) is 15.1 Å². The van der Waals surface area contributed by atoms with Crippen LogP contribution >= 0.6 is 50.7 Å². The first-order valence-corrected chi connectivity index (χ1v) is 7.52. The van der Waals surface area contributed by atoms with Crippen molar-refractivity contribution in [2.45, 2.75) is 6.04 Å². The van der Waals surface area contributed by atoms with E-state index in [0.29, 0.717) is 15.1 Å². The maximum atomic E-state index is 6.27. The molecule has 19 heavy (non-hydrogen) atoms. The summed E-state index contributed by atoms with van der Waals surface area (Å²) in [5, 5.41) is 5.20. The minimum absolute atomic E-state index is 0.115. The van der Waals surface area contributed by atoms with E-state index in [2.05, 4.69) is 21.2 Å². The van der Waals surface area contributed by atoms with E-state index >= 15 is 0 Å². The summed E-state index contributed by atoms with van der Waals surface area (Å²) in [6.07, 6.45) is 0. The fourth-order valence-electron chi connectivity index (χ4n) is 1.95. The standard InChI is InChI=1S/C14H11BrCl3N/c1-19-14(10-6-8(15)2-4-12(10)17)11-7-9(16)3-5-13(11)18/h2-7,14,19H,1H3. The Bertz CT molecular complexity index is 550. The molecule has 0 heterocycles. The van der Waals surface area contributed by atoms with Crippen molar-refractivity contribution in [2.75, 3.05) is 7.05 Å². The predicted molar refractivity (Wildman–Crippen MR) is 86.5 cm³/mol. The van der Waals surface area contributed by atoms with Crippen LogP contribution < -0.4 is 5.32 Å². The molecule has 1 nitrogen and oxygen atoms in total. The van der Waals surface area contributed by atoms with Gasteiger partial charge in [0.15, 0.2) is 0 Å². The van der Waals surface area contributed by atoms with Crippen LogP contribution in [-0.4, -0.2) is 7.05 Å². The number of nitrogens with one attached hydrogen (secondary N) is 1. The van der Waals surface area contributed by atoms with Gasteiger partial charge in [-0.15, -0.1) is 0 Å². The van der Waals surface area contributed by atoms with E-state index in [1.54, 1.807) is 12.1 Å². The summed E-state index contributed by atoms with van der Waals surface area (Å²) in [6.45, 7) is 0. The quantitative estimate of drug-likeness (QED) is 0.719. The van der Waals surface area contributed by atoms with E-state index in [-0.39, 0.29) is 6.04 Å². The molecule has 2 rings (SSSR count). The number of benzene rings is 2. The monoisotopic (exact) mass is 377 g/mol. The van der Waals surface area contributed by atoms with Gasteiger partial charge in [-0.25, -0.2) is 0 Å². The van der Waals surface area contributed by atoms with Crippen molar-refractivity contribution in [3.8, 4) is 0 Å². The second-order valence-corrected chi connectivity index (χ2v) is 6.22. The molecule has 0 fully saturated rings. The Kier molecular flexibility index (Phi) is 5.15. The molecule has 0 aliphatic heterocycles. The number of halogens is 4. The van der Waals surface area contributed by atoms with E-state index in [1.165, 1.54) is 0 Å². The highest BCUT2D eigenvalue weighted by atomic mass is 79.9. The third kappa shape index (κ3) is 3.45. The van der Waals surface area contributed by atoms with Crippen LogP contribution in [0.4, 0.5) is 0 Å². The van der Waals surface area contributed by atoms with Gasteiger partial charge in [0.05, 0.1) is 6.04 Å². The predicted octanol–water partition coefficient (Wildman–Crippen LogP) is 5.72. The number of hydrogen-bond acceptors (Lipinski definition) is 1. The van der Waals surface area contributed by atoms with Crippen LogP contribution in [0.25, 0.3) is 0 Å². The normalized spacial score (nSPS) is 12.5. The zero-order chi connectivity index (χ0) is 14.0. The van der Waals surface area contributed by atoms with Crippen LogP contribution in [0.5, 0.6) is 0 Å². The second kappa shape index (κ2) is 6.47. The lowest BCUT2D eigenvalue weighted by atomic mass is 9.99. The summed E-state index contributed by atoms with van der Waals surface area (Å²) in [5.74, 6) is 0. The van der Waals surface area contributed by atoms with Crippen LogP contribution in [-0.2, 0) is 0 Å². The highest BCUT2D eigenvalue weighted by Gasteiger charge is 2.18. The molecule has 0 spiro atoms. The molecule has 0 bridgehead atoms. The maximum Gasteiger partial charge on any atom is 0.0604 e. The zero-order valence-corrected chi connectivity index (χ0v) is 13.9. The number of rotatable bonds is 3. The SMILES string of the molecule is CNC(c1cc(Cl)ccc1Cl)c1cc(Br)ccc1Cl. The van der Waals surface area contributed by atoms with Crippen molar-refractivity contribution in [1.29, 1.82) is 0 Å². The van der Waals surface area contributed by atoms with E-state index in [1.807, 2.05) is 31.3 Å². The molecular formula is C14H11BrCl3N. The average molecular weight is 380 g/mol. The van der Waals surface area contributed by atoms with Crippen LogP contribution in [0, 0.1) is 0 Å². The van der Waals surface area contributed by atoms with Crippen molar-refractivity contribution < 1.29 is 0 Å². The Morgan fingerprint density at radius 3 is 2.16 bits per heavy atom.